The zero-order valence-electron chi connectivity index (χ0n) is 15.8. The molecular weight excluding hydrogens is 364 g/mol. The largest absolute Gasteiger partial charge is 0.493 e. The molecule has 7 heteroatoms. The van der Waals surface area contributed by atoms with E-state index in [9.17, 15) is 0 Å². The van der Waals surface area contributed by atoms with Crippen LogP contribution in [0.4, 0.5) is 5.69 Å². The minimum Gasteiger partial charge on any atom is -0.493 e. The molecule has 6 nitrogen and oxygen atoms in total. The van der Waals surface area contributed by atoms with E-state index in [1.165, 1.54) is 0 Å². The van der Waals surface area contributed by atoms with Crippen LogP contribution in [-0.4, -0.2) is 39.2 Å². The lowest BCUT2D eigenvalue weighted by molar-refractivity contribution is 0.174. The lowest BCUT2D eigenvalue weighted by Crippen LogP contribution is -2.40. The average Bonchev–Trinajstić information content (AvgIpc) is 3.16. The number of nitrogens with one attached hydrogen (secondary N) is 1. The first-order valence-electron chi connectivity index (χ1n) is 8.82. The maximum absolute atomic E-state index is 5.59. The fourth-order valence-electron chi connectivity index (χ4n) is 2.94. The molecule has 144 valence electrons. The predicted octanol–water partition coefficient (Wildman–Crippen LogP) is 3.38. The smallest absolute Gasteiger partial charge is 0.231 e. The Morgan fingerprint density at radius 1 is 1.07 bits per heavy atom. The summed E-state index contributed by atoms with van der Waals surface area (Å²) in [6.45, 7) is 3.79. The number of thiocarbonyl (C=S) groups is 1. The maximum atomic E-state index is 5.59. The topological polar surface area (TPSA) is 52.2 Å². The Hall–Kier alpha value is -2.67. The Bertz CT molecular complexity index is 813. The van der Waals surface area contributed by atoms with Gasteiger partial charge < -0.3 is 29.2 Å². The average molecular weight is 388 g/mol. The van der Waals surface area contributed by atoms with Crippen molar-refractivity contribution in [2.45, 2.75) is 13.3 Å². The number of anilines is 1. The molecule has 1 aliphatic heterocycles. The molecule has 0 atom stereocenters. The van der Waals surface area contributed by atoms with Crippen LogP contribution >= 0.6 is 12.2 Å². The van der Waals surface area contributed by atoms with Crippen molar-refractivity contribution in [3.05, 3.63) is 42.0 Å². The third kappa shape index (κ3) is 4.36. The van der Waals surface area contributed by atoms with Crippen molar-refractivity contribution in [1.82, 2.24) is 5.32 Å². The highest BCUT2D eigenvalue weighted by atomic mass is 32.1. The molecule has 2 aromatic rings. The van der Waals surface area contributed by atoms with Crippen molar-refractivity contribution >= 4 is 23.0 Å². The van der Waals surface area contributed by atoms with Gasteiger partial charge in [-0.05, 0) is 55.4 Å². The van der Waals surface area contributed by atoms with Gasteiger partial charge in [-0.3, -0.25) is 0 Å². The fraction of sp³-hybridized carbons (Fsp3) is 0.350. The first kappa shape index (κ1) is 19.1. The number of nitrogens with zero attached hydrogens (tertiary/aromatic N) is 1. The van der Waals surface area contributed by atoms with E-state index in [2.05, 4.69) is 12.2 Å². The second-order valence-electron chi connectivity index (χ2n) is 5.95. The first-order chi connectivity index (χ1) is 13.2. The molecule has 0 saturated carbocycles. The van der Waals surface area contributed by atoms with Gasteiger partial charge in [-0.1, -0.05) is 6.07 Å². The second-order valence-corrected chi connectivity index (χ2v) is 6.34. The molecule has 1 aliphatic rings. The first-order valence-corrected chi connectivity index (χ1v) is 9.23. The van der Waals surface area contributed by atoms with Gasteiger partial charge in [-0.25, -0.2) is 0 Å². The van der Waals surface area contributed by atoms with Gasteiger partial charge in [-0.2, -0.15) is 0 Å². The molecule has 0 aliphatic carbocycles. The van der Waals surface area contributed by atoms with Crippen LogP contribution in [0.5, 0.6) is 23.0 Å². The van der Waals surface area contributed by atoms with Crippen molar-refractivity contribution in [2.24, 2.45) is 0 Å². The number of ether oxygens (including phenoxy) is 4. The number of benzene rings is 2. The van der Waals surface area contributed by atoms with E-state index in [4.69, 9.17) is 31.2 Å². The number of hydrogen-bond donors (Lipinski definition) is 1. The van der Waals surface area contributed by atoms with Gasteiger partial charge in [0.15, 0.2) is 28.1 Å². The molecule has 0 unspecified atom stereocenters. The van der Waals surface area contributed by atoms with Gasteiger partial charge in [0.1, 0.15) is 0 Å². The molecular formula is C20H24N2O4S. The maximum Gasteiger partial charge on any atom is 0.231 e. The lowest BCUT2D eigenvalue weighted by Gasteiger charge is -2.24. The van der Waals surface area contributed by atoms with Crippen LogP contribution in [0, 0.1) is 0 Å². The van der Waals surface area contributed by atoms with Gasteiger partial charge in [0, 0.05) is 24.8 Å². The van der Waals surface area contributed by atoms with Crippen LogP contribution in [0.25, 0.3) is 0 Å². The van der Waals surface area contributed by atoms with Crippen LogP contribution < -0.4 is 29.2 Å². The number of hydrogen-bond acceptors (Lipinski definition) is 5. The SMILES string of the molecule is CCN(C(=S)NCCc1ccc(OC)c(OC)c1)c1ccc2c(c1)OCO2. The summed E-state index contributed by atoms with van der Waals surface area (Å²) in [5.41, 5.74) is 2.12. The van der Waals surface area contributed by atoms with Crippen molar-refractivity contribution in [2.75, 3.05) is 39.0 Å². The summed E-state index contributed by atoms with van der Waals surface area (Å²) >= 11 is 5.59. The summed E-state index contributed by atoms with van der Waals surface area (Å²) < 4.78 is 21.5. The van der Waals surface area contributed by atoms with E-state index < -0.39 is 0 Å². The van der Waals surface area contributed by atoms with Gasteiger partial charge in [0.2, 0.25) is 6.79 Å². The molecule has 2 aromatic carbocycles. The van der Waals surface area contributed by atoms with Crippen molar-refractivity contribution in [3.63, 3.8) is 0 Å². The van der Waals surface area contributed by atoms with Crippen LogP contribution in [0.15, 0.2) is 36.4 Å². The van der Waals surface area contributed by atoms with E-state index in [1.54, 1.807) is 14.2 Å². The highest BCUT2D eigenvalue weighted by Crippen LogP contribution is 2.35. The summed E-state index contributed by atoms with van der Waals surface area (Å²) in [6.07, 6.45) is 0.819. The minimum atomic E-state index is 0.263. The van der Waals surface area contributed by atoms with E-state index in [0.29, 0.717) is 5.11 Å². The molecule has 3 rings (SSSR count). The molecule has 1 heterocycles. The van der Waals surface area contributed by atoms with Gasteiger partial charge in [-0.15, -0.1) is 0 Å². The van der Waals surface area contributed by atoms with Crippen LogP contribution in [0.1, 0.15) is 12.5 Å². The van der Waals surface area contributed by atoms with E-state index in [0.717, 1.165) is 53.8 Å². The Morgan fingerprint density at radius 2 is 1.85 bits per heavy atom. The molecule has 0 fully saturated rings. The minimum absolute atomic E-state index is 0.263. The number of rotatable bonds is 7. The Labute approximate surface area is 165 Å². The Kier molecular flexibility index (Phi) is 6.24. The summed E-state index contributed by atoms with van der Waals surface area (Å²) in [5.74, 6) is 2.97. The zero-order chi connectivity index (χ0) is 19.2. The third-order valence-electron chi connectivity index (χ3n) is 4.37. The summed E-state index contributed by atoms with van der Waals surface area (Å²) in [4.78, 5) is 2.03. The Balaban J connectivity index is 1.59. The molecule has 0 radical (unpaired) electrons. The van der Waals surface area contributed by atoms with Crippen molar-refractivity contribution in [1.29, 1.82) is 0 Å². The second kappa shape index (κ2) is 8.81. The van der Waals surface area contributed by atoms with Crippen LogP contribution in [-0.2, 0) is 6.42 Å². The highest BCUT2D eigenvalue weighted by Gasteiger charge is 2.17. The molecule has 0 spiro atoms. The van der Waals surface area contributed by atoms with E-state index >= 15 is 0 Å². The summed E-state index contributed by atoms with van der Waals surface area (Å²) in [5, 5.41) is 4.01. The van der Waals surface area contributed by atoms with Gasteiger partial charge in [0.25, 0.3) is 0 Å². The monoisotopic (exact) mass is 388 g/mol. The highest BCUT2D eigenvalue weighted by molar-refractivity contribution is 7.80. The standard InChI is InChI=1S/C20H24N2O4S/c1-4-22(15-6-8-17-19(12-15)26-13-25-17)20(27)21-10-9-14-5-7-16(23-2)18(11-14)24-3/h5-8,11-12H,4,9-10,13H2,1-3H3,(H,21,27). The normalized spacial score (nSPS) is 11.8. The molecule has 27 heavy (non-hydrogen) atoms. The van der Waals surface area contributed by atoms with E-state index in [-0.39, 0.29) is 6.79 Å². The lowest BCUT2D eigenvalue weighted by atomic mass is 10.1. The van der Waals surface area contributed by atoms with Crippen LogP contribution in [0.3, 0.4) is 0 Å². The van der Waals surface area contributed by atoms with Gasteiger partial charge in [0.05, 0.1) is 14.2 Å². The van der Waals surface area contributed by atoms with Crippen molar-refractivity contribution in [3.8, 4) is 23.0 Å². The molecule has 0 saturated heterocycles. The zero-order valence-corrected chi connectivity index (χ0v) is 16.6. The quantitative estimate of drug-likeness (QED) is 0.730. The summed E-state index contributed by atoms with van der Waals surface area (Å²) in [6, 6.07) is 11.8. The number of fused-ring (bicyclic) bond motifs is 1. The molecule has 1 N–H and O–H groups in total. The molecule has 0 amide bonds. The number of methoxy groups -OCH3 is 2. The fourth-order valence-corrected chi connectivity index (χ4v) is 3.28. The van der Waals surface area contributed by atoms with Crippen LogP contribution in [0.2, 0.25) is 0 Å². The summed E-state index contributed by atoms with van der Waals surface area (Å²) in [7, 11) is 3.27. The predicted molar refractivity (Wildman–Crippen MR) is 109 cm³/mol. The van der Waals surface area contributed by atoms with Crippen molar-refractivity contribution < 1.29 is 18.9 Å². The van der Waals surface area contributed by atoms with E-state index in [1.807, 2.05) is 41.3 Å². The molecule has 0 bridgehead atoms. The third-order valence-corrected chi connectivity index (χ3v) is 4.73. The van der Waals surface area contributed by atoms with Gasteiger partial charge >= 0.3 is 0 Å². The Morgan fingerprint density at radius 3 is 2.59 bits per heavy atom. The molecule has 0 aromatic heterocycles.